The monoisotopic (exact) mass is 220 g/mol. The van der Waals surface area contributed by atoms with Gasteiger partial charge in [0.25, 0.3) is 0 Å². The summed E-state index contributed by atoms with van der Waals surface area (Å²) in [7, 11) is 0. The van der Waals surface area contributed by atoms with Crippen LogP contribution in [0.4, 0.5) is 0 Å². The lowest BCUT2D eigenvalue weighted by molar-refractivity contribution is 0.580. The van der Waals surface area contributed by atoms with Crippen molar-refractivity contribution in [3.8, 4) is 11.5 Å². The van der Waals surface area contributed by atoms with E-state index >= 15 is 0 Å². The van der Waals surface area contributed by atoms with E-state index in [1.54, 1.807) is 18.5 Å². The summed E-state index contributed by atoms with van der Waals surface area (Å²) in [6.45, 7) is 0. The van der Waals surface area contributed by atoms with Crippen LogP contribution in [0.25, 0.3) is 22.5 Å². The molecule has 0 unspecified atom stereocenters. The van der Waals surface area contributed by atoms with Crippen molar-refractivity contribution in [1.82, 2.24) is 20.2 Å². The number of hydrogen-bond donors (Lipinski definition) is 1. The molecular formula is C9H5ClN4O. The maximum atomic E-state index is 5.79. The molecule has 0 aliphatic carbocycles. The Kier molecular flexibility index (Phi) is 1.72. The topological polar surface area (TPSA) is 67.6 Å². The Balaban J connectivity index is 2.38. The lowest BCUT2D eigenvalue weighted by Crippen LogP contribution is -1.88. The quantitative estimate of drug-likeness (QED) is 0.639. The van der Waals surface area contributed by atoms with Crippen molar-refractivity contribution in [3.63, 3.8) is 0 Å². The zero-order valence-corrected chi connectivity index (χ0v) is 8.19. The van der Waals surface area contributed by atoms with Crippen molar-refractivity contribution in [1.29, 1.82) is 0 Å². The largest absolute Gasteiger partial charge is 0.463 e. The van der Waals surface area contributed by atoms with E-state index in [0.29, 0.717) is 17.1 Å². The summed E-state index contributed by atoms with van der Waals surface area (Å²) in [5.74, 6) is 0.644. The highest BCUT2D eigenvalue weighted by atomic mass is 35.5. The molecule has 15 heavy (non-hydrogen) atoms. The molecule has 0 aliphatic heterocycles. The summed E-state index contributed by atoms with van der Waals surface area (Å²) in [6, 6.07) is 3.60. The van der Waals surface area contributed by atoms with E-state index in [1.165, 1.54) is 0 Å². The van der Waals surface area contributed by atoms with Gasteiger partial charge < -0.3 is 4.42 Å². The first-order chi connectivity index (χ1) is 7.34. The zero-order chi connectivity index (χ0) is 10.3. The fraction of sp³-hybridized carbons (Fsp3) is 0. The summed E-state index contributed by atoms with van der Waals surface area (Å²) in [6.07, 6.45) is 3.22. The molecule has 6 heteroatoms. The van der Waals surface area contributed by atoms with Gasteiger partial charge in [-0.15, -0.1) is 0 Å². The van der Waals surface area contributed by atoms with Crippen LogP contribution in [0.2, 0.25) is 5.28 Å². The van der Waals surface area contributed by atoms with Gasteiger partial charge in [0.2, 0.25) is 5.28 Å². The number of aromatic amines is 1. The molecule has 0 bridgehead atoms. The standard InChI is InChI=1S/C9H5ClN4O/c10-9-12-7(6-2-1-3-15-6)5-4-11-14-8(5)13-9/h1-4H,(H,11,12,13,14). The normalized spacial score (nSPS) is 11.0. The summed E-state index contributed by atoms with van der Waals surface area (Å²) in [5.41, 5.74) is 1.24. The maximum Gasteiger partial charge on any atom is 0.225 e. The van der Waals surface area contributed by atoms with Gasteiger partial charge in [-0.2, -0.15) is 10.1 Å². The molecule has 3 aromatic heterocycles. The number of nitrogens with zero attached hydrogens (tertiary/aromatic N) is 3. The Labute approximate surface area is 89.1 Å². The number of hydrogen-bond acceptors (Lipinski definition) is 4. The zero-order valence-electron chi connectivity index (χ0n) is 7.44. The van der Waals surface area contributed by atoms with Gasteiger partial charge in [0.05, 0.1) is 17.8 Å². The third-order valence-electron chi connectivity index (χ3n) is 2.04. The highest BCUT2D eigenvalue weighted by Gasteiger charge is 2.11. The van der Waals surface area contributed by atoms with Crippen LogP contribution in [-0.4, -0.2) is 20.2 Å². The Bertz CT molecular complexity index is 602. The van der Waals surface area contributed by atoms with Crippen LogP contribution < -0.4 is 0 Å². The van der Waals surface area contributed by atoms with Crippen LogP contribution in [0.5, 0.6) is 0 Å². The van der Waals surface area contributed by atoms with Gasteiger partial charge in [0.15, 0.2) is 11.4 Å². The van der Waals surface area contributed by atoms with Gasteiger partial charge in [-0.1, -0.05) is 0 Å². The number of aromatic nitrogens is 4. The average molecular weight is 221 g/mol. The Morgan fingerprint density at radius 2 is 2.27 bits per heavy atom. The smallest absolute Gasteiger partial charge is 0.225 e. The van der Waals surface area contributed by atoms with Gasteiger partial charge in [0, 0.05) is 0 Å². The van der Waals surface area contributed by atoms with E-state index < -0.39 is 0 Å². The number of furan rings is 1. The molecule has 3 aromatic rings. The molecule has 0 amide bonds. The molecule has 0 saturated heterocycles. The summed E-state index contributed by atoms with van der Waals surface area (Å²) in [5, 5.41) is 7.57. The van der Waals surface area contributed by atoms with Crippen molar-refractivity contribution in [2.45, 2.75) is 0 Å². The van der Waals surface area contributed by atoms with Gasteiger partial charge in [-0.3, -0.25) is 5.10 Å². The van der Waals surface area contributed by atoms with Gasteiger partial charge in [-0.25, -0.2) is 4.98 Å². The van der Waals surface area contributed by atoms with E-state index in [0.717, 1.165) is 5.39 Å². The predicted molar refractivity (Wildman–Crippen MR) is 54.4 cm³/mol. The third-order valence-corrected chi connectivity index (χ3v) is 2.21. The molecule has 0 aliphatic rings. The summed E-state index contributed by atoms with van der Waals surface area (Å²) < 4.78 is 5.26. The minimum Gasteiger partial charge on any atom is -0.463 e. The van der Waals surface area contributed by atoms with Crippen LogP contribution >= 0.6 is 11.6 Å². The molecule has 0 saturated carbocycles. The van der Waals surface area contributed by atoms with Crippen LogP contribution in [0, 0.1) is 0 Å². The molecule has 0 aromatic carbocycles. The Morgan fingerprint density at radius 3 is 3.07 bits per heavy atom. The van der Waals surface area contributed by atoms with Gasteiger partial charge >= 0.3 is 0 Å². The van der Waals surface area contributed by atoms with Crippen molar-refractivity contribution in [2.24, 2.45) is 0 Å². The second-order valence-corrected chi connectivity index (χ2v) is 3.29. The van der Waals surface area contributed by atoms with Gasteiger partial charge in [-0.05, 0) is 23.7 Å². The minimum absolute atomic E-state index is 0.165. The van der Waals surface area contributed by atoms with Crippen molar-refractivity contribution >= 4 is 22.6 Å². The number of fused-ring (bicyclic) bond motifs is 1. The molecule has 0 radical (unpaired) electrons. The highest BCUT2D eigenvalue weighted by Crippen LogP contribution is 2.25. The number of rotatable bonds is 1. The molecule has 0 fully saturated rings. The first-order valence-corrected chi connectivity index (χ1v) is 4.63. The summed E-state index contributed by atoms with van der Waals surface area (Å²) in [4.78, 5) is 8.12. The molecule has 3 heterocycles. The first kappa shape index (κ1) is 8.43. The SMILES string of the molecule is Clc1nc(-c2ccco2)c2cn[nH]c2n1. The average Bonchev–Trinajstić information content (AvgIpc) is 2.86. The lowest BCUT2D eigenvalue weighted by atomic mass is 10.2. The second-order valence-electron chi connectivity index (χ2n) is 2.95. The number of halogens is 1. The summed E-state index contributed by atoms with van der Waals surface area (Å²) >= 11 is 5.79. The predicted octanol–water partition coefficient (Wildman–Crippen LogP) is 2.27. The molecule has 74 valence electrons. The van der Waals surface area contributed by atoms with E-state index in [-0.39, 0.29) is 5.28 Å². The van der Waals surface area contributed by atoms with Crippen LogP contribution in [0.15, 0.2) is 29.0 Å². The fourth-order valence-corrected chi connectivity index (χ4v) is 1.58. The van der Waals surface area contributed by atoms with Crippen molar-refractivity contribution in [3.05, 3.63) is 29.9 Å². The Morgan fingerprint density at radius 1 is 1.33 bits per heavy atom. The minimum atomic E-state index is 0.165. The second kappa shape index (κ2) is 3.06. The van der Waals surface area contributed by atoms with Crippen molar-refractivity contribution < 1.29 is 4.42 Å². The fourth-order valence-electron chi connectivity index (χ4n) is 1.41. The maximum absolute atomic E-state index is 5.79. The molecule has 1 N–H and O–H groups in total. The van der Waals surface area contributed by atoms with E-state index in [9.17, 15) is 0 Å². The third kappa shape index (κ3) is 1.28. The first-order valence-electron chi connectivity index (χ1n) is 4.25. The van der Waals surface area contributed by atoms with E-state index in [1.807, 2.05) is 6.07 Å². The molecule has 0 spiro atoms. The number of nitrogens with one attached hydrogen (secondary N) is 1. The molecule has 5 nitrogen and oxygen atoms in total. The Hall–Kier alpha value is -1.88. The van der Waals surface area contributed by atoms with Crippen LogP contribution in [0.1, 0.15) is 0 Å². The van der Waals surface area contributed by atoms with Gasteiger partial charge in [0.1, 0.15) is 5.69 Å². The molecule has 0 atom stereocenters. The van der Waals surface area contributed by atoms with Crippen molar-refractivity contribution in [2.75, 3.05) is 0 Å². The van der Waals surface area contributed by atoms with E-state index in [2.05, 4.69) is 20.2 Å². The van der Waals surface area contributed by atoms with Crippen LogP contribution in [0.3, 0.4) is 0 Å². The number of H-pyrrole nitrogens is 1. The van der Waals surface area contributed by atoms with E-state index in [4.69, 9.17) is 16.0 Å². The van der Waals surface area contributed by atoms with Crippen LogP contribution in [-0.2, 0) is 0 Å². The highest BCUT2D eigenvalue weighted by molar-refractivity contribution is 6.28. The molecular weight excluding hydrogens is 216 g/mol. The molecule has 3 rings (SSSR count). The lowest BCUT2D eigenvalue weighted by Gasteiger charge is -1.97.